The van der Waals surface area contributed by atoms with Gasteiger partial charge in [0.2, 0.25) is 0 Å². The molecule has 0 saturated heterocycles. The smallest absolute Gasteiger partial charge is 0.133 e. The Hall–Kier alpha value is -0.0600. The maximum atomic E-state index is 5.79. The fourth-order valence-electron chi connectivity index (χ4n) is 1.05. The minimum absolute atomic E-state index is 0.00336. The molecule has 72 valence electrons. The first-order valence-electron chi connectivity index (χ1n) is 3.84. The van der Waals surface area contributed by atoms with Crippen molar-refractivity contribution < 1.29 is 4.74 Å². The second kappa shape index (κ2) is 4.44. The highest BCUT2D eigenvalue weighted by atomic mass is 79.9. The fraction of sp³-hybridized carbons (Fsp3) is 0.333. The second-order valence-corrected chi connectivity index (χ2v) is 4.51. The molecule has 0 aliphatic carbocycles. The van der Waals surface area contributed by atoms with Crippen LogP contribution in [0.4, 0.5) is 0 Å². The van der Waals surface area contributed by atoms with E-state index in [9.17, 15) is 0 Å². The average molecular weight is 309 g/mol. The molecular formula is C9H11Br2NO. The third kappa shape index (κ3) is 2.45. The van der Waals surface area contributed by atoms with E-state index in [0.717, 1.165) is 20.3 Å². The van der Waals surface area contributed by atoms with E-state index in [1.165, 1.54) is 0 Å². The van der Waals surface area contributed by atoms with Crippen LogP contribution in [0, 0.1) is 0 Å². The zero-order valence-corrected chi connectivity index (χ0v) is 10.6. The number of benzene rings is 1. The Morgan fingerprint density at radius 2 is 1.92 bits per heavy atom. The molecule has 0 aromatic heterocycles. The molecule has 0 aliphatic heterocycles. The van der Waals surface area contributed by atoms with Crippen LogP contribution in [0.5, 0.6) is 5.75 Å². The standard InChI is InChI=1S/C9H11Br2NO/c1-5(12)6-3-9(13-2)8(11)4-7(6)10/h3-5H,12H2,1-2H3/t5-/m1/s1. The van der Waals surface area contributed by atoms with Crippen LogP contribution in [0.3, 0.4) is 0 Å². The normalized spacial score (nSPS) is 12.7. The lowest BCUT2D eigenvalue weighted by atomic mass is 10.1. The monoisotopic (exact) mass is 307 g/mol. The zero-order chi connectivity index (χ0) is 10.0. The van der Waals surface area contributed by atoms with E-state index in [0.29, 0.717) is 0 Å². The number of hydrogen-bond acceptors (Lipinski definition) is 2. The average Bonchev–Trinajstić information content (AvgIpc) is 2.03. The molecule has 2 N–H and O–H groups in total. The summed E-state index contributed by atoms with van der Waals surface area (Å²) >= 11 is 6.84. The summed E-state index contributed by atoms with van der Waals surface area (Å²) < 4.78 is 7.09. The van der Waals surface area contributed by atoms with Crippen molar-refractivity contribution >= 4 is 31.9 Å². The van der Waals surface area contributed by atoms with Crippen molar-refractivity contribution in [3.05, 3.63) is 26.6 Å². The molecule has 0 spiro atoms. The van der Waals surface area contributed by atoms with Crippen molar-refractivity contribution in [1.29, 1.82) is 0 Å². The lowest BCUT2D eigenvalue weighted by Crippen LogP contribution is -2.06. The Kier molecular flexibility index (Phi) is 3.76. The predicted molar refractivity (Wildman–Crippen MR) is 61.0 cm³/mol. The number of ether oxygens (including phenoxy) is 1. The minimum Gasteiger partial charge on any atom is -0.496 e. The van der Waals surface area contributed by atoms with Gasteiger partial charge in [0.05, 0.1) is 11.6 Å². The number of halogens is 2. The summed E-state index contributed by atoms with van der Waals surface area (Å²) in [6.07, 6.45) is 0. The van der Waals surface area contributed by atoms with Gasteiger partial charge >= 0.3 is 0 Å². The third-order valence-electron chi connectivity index (χ3n) is 1.76. The molecule has 1 atom stereocenters. The van der Waals surface area contributed by atoms with E-state index in [1.54, 1.807) is 7.11 Å². The molecule has 0 radical (unpaired) electrons. The van der Waals surface area contributed by atoms with Crippen LogP contribution in [0.2, 0.25) is 0 Å². The molecule has 1 aromatic carbocycles. The van der Waals surface area contributed by atoms with E-state index in [4.69, 9.17) is 10.5 Å². The molecule has 1 rings (SSSR count). The van der Waals surface area contributed by atoms with Gasteiger partial charge in [-0.1, -0.05) is 15.9 Å². The summed E-state index contributed by atoms with van der Waals surface area (Å²) in [6, 6.07) is 3.87. The molecule has 4 heteroatoms. The first-order valence-corrected chi connectivity index (χ1v) is 5.43. The SMILES string of the molecule is COc1cc([C@@H](C)N)c(Br)cc1Br. The summed E-state index contributed by atoms with van der Waals surface area (Å²) in [7, 11) is 1.64. The van der Waals surface area contributed by atoms with Gasteiger partial charge in [-0.3, -0.25) is 0 Å². The summed E-state index contributed by atoms with van der Waals surface area (Å²) in [5.41, 5.74) is 6.83. The molecule has 0 saturated carbocycles. The zero-order valence-electron chi connectivity index (χ0n) is 7.47. The summed E-state index contributed by atoms with van der Waals surface area (Å²) in [5, 5.41) is 0. The quantitative estimate of drug-likeness (QED) is 0.910. The highest BCUT2D eigenvalue weighted by molar-refractivity contribution is 9.11. The summed E-state index contributed by atoms with van der Waals surface area (Å²) in [6.45, 7) is 1.94. The van der Waals surface area contributed by atoms with Crippen LogP contribution in [0.25, 0.3) is 0 Å². The molecule has 0 heterocycles. The van der Waals surface area contributed by atoms with Gasteiger partial charge in [0.25, 0.3) is 0 Å². The number of methoxy groups -OCH3 is 1. The topological polar surface area (TPSA) is 35.2 Å². The highest BCUT2D eigenvalue weighted by Crippen LogP contribution is 2.33. The Balaban J connectivity index is 3.22. The van der Waals surface area contributed by atoms with Crippen LogP contribution in [-0.4, -0.2) is 7.11 Å². The van der Waals surface area contributed by atoms with Crippen molar-refractivity contribution in [1.82, 2.24) is 0 Å². The van der Waals surface area contributed by atoms with Gasteiger partial charge in [-0.15, -0.1) is 0 Å². The molecule has 0 bridgehead atoms. The molecular weight excluding hydrogens is 298 g/mol. The van der Waals surface area contributed by atoms with Gasteiger partial charge in [0.1, 0.15) is 5.75 Å². The van der Waals surface area contributed by atoms with Crippen LogP contribution < -0.4 is 10.5 Å². The molecule has 0 amide bonds. The van der Waals surface area contributed by atoms with Gasteiger partial charge in [-0.25, -0.2) is 0 Å². The molecule has 0 aliphatic rings. The first-order chi connectivity index (χ1) is 6.06. The van der Waals surface area contributed by atoms with Crippen molar-refractivity contribution in [2.24, 2.45) is 5.73 Å². The van der Waals surface area contributed by atoms with Gasteiger partial charge in [-0.2, -0.15) is 0 Å². The largest absolute Gasteiger partial charge is 0.496 e. The summed E-state index contributed by atoms with van der Waals surface area (Å²) in [5.74, 6) is 0.801. The third-order valence-corrected chi connectivity index (χ3v) is 3.07. The fourth-order valence-corrected chi connectivity index (χ4v) is 2.57. The molecule has 0 fully saturated rings. The van der Waals surface area contributed by atoms with Gasteiger partial charge in [0.15, 0.2) is 0 Å². The Labute approximate surface area is 94.7 Å². The van der Waals surface area contributed by atoms with E-state index in [2.05, 4.69) is 31.9 Å². The molecule has 2 nitrogen and oxygen atoms in total. The van der Waals surface area contributed by atoms with Crippen LogP contribution in [-0.2, 0) is 0 Å². The van der Waals surface area contributed by atoms with E-state index >= 15 is 0 Å². The van der Waals surface area contributed by atoms with Gasteiger partial charge < -0.3 is 10.5 Å². The number of hydrogen-bond donors (Lipinski definition) is 1. The van der Waals surface area contributed by atoms with Crippen molar-refractivity contribution in [3.63, 3.8) is 0 Å². The van der Waals surface area contributed by atoms with Gasteiger partial charge in [-0.05, 0) is 40.5 Å². The summed E-state index contributed by atoms with van der Waals surface area (Å²) in [4.78, 5) is 0. The van der Waals surface area contributed by atoms with Crippen LogP contribution in [0.15, 0.2) is 21.1 Å². The van der Waals surface area contributed by atoms with Crippen molar-refractivity contribution in [3.8, 4) is 5.75 Å². The van der Waals surface area contributed by atoms with E-state index in [1.807, 2.05) is 19.1 Å². The maximum absolute atomic E-state index is 5.79. The van der Waals surface area contributed by atoms with E-state index in [-0.39, 0.29) is 6.04 Å². The second-order valence-electron chi connectivity index (χ2n) is 2.80. The Morgan fingerprint density at radius 3 is 2.38 bits per heavy atom. The molecule has 1 aromatic rings. The molecule has 13 heavy (non-hydrogen) atoms. The number of nitrogens with two attached hydrogens (primary N) is 1. The minimum atomic E-state index is -0.00336. The predicted octanol–water partition coefficient (Wildman–Crippen LogP) is 3.24. The lowest BCUT2D eigenvalue weighted by Gasteiger charge is -2.11. The first kappa shape index (κ1) is 11.0. The lowest BCUT2D eigenvalue weighted by molar-refractivity contribution is 0.411. The molecule has 0 unspecified atom stereocenters. The Bertz CT molecular complexity index is 313. The van der Waals surface area contributed by atoms with Crippen molar-refractivity contribution in [2.75, 3.05) is 7.11 Å². The van der Waals surface area contributed by atoms with Crippen molar-refractivity contribution in [2.45, 2.75) is 13.0 Å². The van der Waals surface area contributed by atoms with Crippen LogP contribution in [0.1, 0.15) is 18.5 Å². The number of rotatable bonds is 2. The maximum Gasteiger partial charge on any atom is 0.133 e. The van der Waals surface area contributed by atoms with E-state index < -0.39 is 0 Å². The highest BCUT2D eigenvalue weighted by Gasteiger charge is 2.09. The van der Waals surface area contributed by atoms with Crippen LogP contribution >= 0.6 is 31.9 Å². The van der Waals surface area contributed by atoms with Gasteiger partial charge in [0, 0.05) is 10.5 Å². The Morgan fingerprint density at radius 1 is 1.31 bits per heavy atom.